The van der Waals surface area contributed by atoms with E-state index in [0.29, 0.717) is 19.4 Å². The van der Waals surface area contributed by atoms with Crippen LogP contribution in [0.5, 0.6) is 0 Å². The molecule has 0 saturated carbocycles. The third kappa shape index (κ3) is 2.09. The third-order valence-electron chi connectivity index (χ3n) is 4.48. The first kappa shape index (κ1) is 13.3. The van der Waals surface area contributed by atoms with Crippen molar-refractivity contribution in [1.82, 2.24) is 4.90 Å². The van der Waals surface area contributed by atoms with Gasteiger partial charge in [0.05, 0.1) is 11.8 Å². The second kappa shape index (κ2) is 4.84. The van der Waals surface area contributed by atoms with E-state index in [9.17, 15) is 9.59 Å². The van der Waals surface area contributed by atoms with Gasteiger partial charge < -0.3 is 5.73 Å². The van der Waals surface area contributed by atoms with Crippen LogP contribution in [-0.2, 0) is 9.59 Å². The molecule has 1 fully saturated rings. The van der Waals surface area contributed by atoms with Crippen molar-refractivity contribution in [3.63, 3.8) is 0 Å². The van der Waals surface area contributed by atoms with Crippen LogP contribution in [0.1, 0.15) is 39.5 Å². The lowest BCUT2D eigenvalue weighted by atomic mass is 9.85. The largest absolute Gasteiger partial charge is 0.324 e. The van der Waals surface area contributed by atoms with Gasteiger partial charge >= 0.3 is 0 Å². The Bertz CT molecular complexity index is 359. The van der Waals surface area contributed by atoms with Crippen LogP contribution in [-0.4, -0.2) is 28.8 Å². The summed E-state index contributed by atoms with van der Waals surface area (Å²) in [6.45, 7) is 4.37. The number of fused-ring (bicyclic) bond motifs is 1. The fraction of sp³-hybridized carbons (Fsp3) is 0.714. The fourth-order valence-electron chi connectivity index (χ4n) is 2.81. The van der Waals surface area contributed by atoms with Crippen LogP contribution >= 0.6 is 0 Å². The Labute approximate surface area is 108 Å². The number of hydrogen-bond donors (Lipinski definition) is 1. The minimum absolute atomic E-state index is 0.0222. The van der Waals surface area contributed by atoms with E-state index in [1.54, 1.807) is 0 Å². The number of carbonyl (C=O) groups is 2. The molecule has 4 nitrogen and oxygen atoms in total. The van der Waals surface area contributed by atoms with Gasteiger partial charge in [-0.25, -0.2) is 0 Å². The molecule has 1 heterocycles. The highest BCUT2D eigenvalue weighted by molar-refractivity contribution is 6.05. The standard InChI is InChI=1S/C14H22N2O2/c1-3-14(15,4-2)9-16-12(17)10-7-5-6-8-11(10)13(16)18/h5-6,10-11H,3-4,7-9,15H2,1-2H3. The number of likely N-dealkylation sites (tertiary alicyclic amines) is 1. The zero-order valence-corrected chi connectivity index (χ0v) is 11.2. The maximum absolute atomic E-state index is 12.3. The molecule has 1 aliphatic heterocycles. The Balaban J connectivity index is 2.16. The second-order valence-corrected chi connectivity index (χ2v) is 5.49. The Kier molecular flexibility index (Phi) is 3.57. The SMILES string of the molecule is CCC(N)(CC)CN1C(=O)C2CC=CCC2C1=O. The average molecular weight is 250 g/mol. The summed E-state index contributed by atoms with van der Waals surface area (Å²) < 4.78 is 0. The molecule has 0 aromatic rings. The first-order chi connectivity index (χ1) is 8.52. The topological polar surface area (TPSA) is 63.4 Å². The van der Waals surface area contributed by atoms with Gasteiger partial charge in [0.25, 0.3) is 0 Å². The molecule has 2 amide bonds. The smallest absolute Gasteiger partial charge is 0.233 e. The molecule has 0 radical (unpaired) electrons. The molecule has 0 aromatic carbocycles. The van der Waals surface area contributed by atoms with Crippen molar-refractivity contribution in [3.8, 4) is 0 Å². The summed E-state index contributed by atoms with van der Waals surface area (Å²) in [5.74, 6) is -0.321. The zero-order chi connectivity index (χ0) is 13.3. The predicted octanol–water partition coefficient (Wildman–Crippen LogP) is 1.46. The zero-order valence-electron chi connectivity index (χ0n) is 11.2. The van der Waals surface area contributed by atoms with Crippen molar-refractivity contribution < 1.29 is 9.59 Å². The van der Waals surface area contributed by atoms with Crippen LogP contribution in [0.3, 0.4) is 0 Å². The number of nitrogens with zero attached hydrogens (tertiary/aromatic N) is 1. The summed E-state index contributed by atoms with van der Waals surface area (Å²) in [6.07, 6.45) is 6.95. The predicted molar refractivity (Wildman–Crippen MR) is 69.6 cm³/mol. The molecule has 2 aliphatic rings. The van der Waals surface area contributed by atoms with Crippen molar-refractivity contribution in [1.29, 1.82) is 0 Å². The van der Waals surface area contributed by atoms with Crippen LogP contribution in [0, 0.1) is 11.8 Å². The monoisotopic (exact) mass is 250 g/mol. The molecular weight excluding hydrogens is 228 g/mol. The molecule has 2 N–H and O–H groups in total. The highest BCUT2D eigenvalue weighted by Crippen LogP contribution is 2.35. The van der Waals surface area contributed by atoms with Crippen molar-refractivity contribution >= 4 is 11.8 Å². The van der Waals surface area contributed by atoms with Gasteiger partial charge in [0.1, 0.15) is 0 Å². The third-order valence-corrected chi connectivity index (χ3v) is 4.48. The molecule has 100 valence electrons. The van der Waals surface area contributed by atoms with Gasteiger partial charge in [0.2, 0.25) is 11.8 Å². The molecule has 4 heteroatoms. The number of carbonyl (C=O) groups excluding carboxylic acids is 2. The van der Waals surface area contributed by atoms with Crippen LogP contribution in [0.2, 0.25) is 0 Å². The molecule has 0 spiro atoms. The van der Waals surface area contributed by atoms with Crippen molar-refractivity contribution in [2.24, 2.45) is 17.6 Å². The number of hydrogen-bond acceptors (Lipinski definition) is 3. The normalized spacial score (nSPS) is 27.8. The van der Waals surface area contributed by atoms with Gasteiger partial charge in [-0.2, -0.15) is 0 Å². The summed E-state index contributed by atoms with van der Waals surface area (Å²) in [6, 6.07) is 0. The van der Waals surface area contributed by atoms with E-state index >= 15 is 0 Å². The molecule has 18 heavy (non-hydrogen) atoms. The summed E-state index contributed by atoms with van der Waals surface area (Å²) in [5.41, 5.74) is 5.79. The van der Waals surface area contributed by atoms with Crippen LogP contribution in [0.15, 0.2) is 12.2 Å². The van der Waals surface area contributed by atoms with Crippen LogP contribution in [0.4, 0.5) is 0 Å². The van der Waals surface area contributed by atoms with Gasteiger partial charge in [-0.05, 0) is 25.7 Å². The average Bonchev–Trinajstić information content (AvgIpc) is 2.64. The van der Waals surface area contributed by atoms with Crippen LogP contribution in [0.25, 0.3) is 0 Å². The first-order valence-corrected chi connectivity index (χ1v) is 6.81. The number of amides is 2. The summed E-state index contributed by atoms with van der Waals surface area (Å²) >= 11 is 0. The van der Waals surface area contributed by atoms with E-state index in [2.05, 4.69) is 0 Å². The lowest BCUT2D eigenvalue weighted by Gasteiger charge is -2.31. The highest BCUT2D eigenvalue weighted by atomic mass is 16.2. The van der Waals surface area contributed by atoms with E-state index in [1.807, 2.05) is 26.0 Å². The maximum atomic E-state index is 12.3. The van der Waals surface area contributed by atoms with Crippen molar-refractivity contribution in [2.75, 3.05) is 6.54 Å². The van der Waals surface area contributed by atoms with Gasteiger partial charge in [0, 0.05) is 12.1 Å². The molecule has 2 rings (SSSR count). The maximum Gasteiger partial charge on any atom is 0.233 e. The van der Waals surface area contributed by atoms with Gasteiger partial charge in [-0.3, -0.25) is 14.5 Å². The Hall–Kier alpha value is -1.16. The number of imide groups is 1. The van der Waals surface area contributed by atoms with Crippen molar-refractivity contribution in [3.05, 3.63) is 12.2 Å². The molecular formula is C14H22N2O2. The van der Waals surface area contributed by atoms with Crippen molar-refractivity contribution in [2.45, 2.75) is 45.1 Å². The fourth-order valence-corrected chi connectivity index (χ4v) is 2.81. The quantitative estimate of drug-likeness (QED) is 0.607. The van der Waals surface area contributed by atoms with E-state index < -0.39 is 5.54 Å². The Morgan fingerprint density at radius 3 is 2.00 bits per heavy atom. The highest BCUT2D eigenvalue weighted by Gasteiger charge is 2.48. The molecule has 2 atom stereocenters. The molecule has 1 saturated heterocycles. The second-order valence-electron chi connectivity index (χ2n) is 5.49. The number of allylic oxidation sites excluding steroid dienone is 2. The first-order valence-electron chi connectivity index (χ1n) is 6.81. The molecule has 0 bridgehead atoms. The minimum atomic E-state index is -0.438. The molecule has 2 unspecified atom stereocenters. The van der Waals surface area contributed by atoms with E-state index in [0.717, 1.165) is 12.8 Å². The lowest BCUT2D eigenvalue weighted by molar-refractivity contribution is -0.141. The number of rotatable bonds is 4. The van der Waals surface area contributed by atoms with Gasteiger partial charge in [-0.1, -0.05) is 26.0 Å². The number of nitrogens with two attached hydrogens (primary N) is 1. The summed E-state index contributed by atoms with van der Waals surface area (Å²) in [5, 5.41) is 0. The molecule has 0 aromatic heterocycles. The minimum Gasteiger partial charge on any atom is -0.324 e. The Morgan fingerprint density at radius 2 is 1.61 bits per heavy atom. The van der Waals surface area contributed by atoms with E-state index in [1.165, 1.54) is 4.90 Å². The van der Waals surface area contributed by atoms with E-state index in [4.69, 9.17) is 5.73 Å². The van der Waals surface area contributed by atoms with E-state index in [-0.39, 0.29) is 23.7 Å². The van der Waals surface area contributed by atoms with Gasteiger partial charge in [0.15, 0.2) is 0 Å². The van der Waals surface area contributed by atoms with Crippen LogP contribution < -0.4 is 5.73 Å². The summed E-state index contributed by atoms with van der Waals surface area (Å²) in [4.78, 5) is 26.0. The lowest BCUT2D eigenvalue weighted by Crippen LogP contribution is -2.51. The van der Waals surface area contributed by atoms with Gasteiger partial charge in [-0.15, -0.1) is 0 Å². The summed E-state index contributed by atoms with van der Waals surface area (Å²) in [7, 11) is 0. The Morgan fingerprint density at radius 1 is 1.17 bits per heavy atom. The molecule has 1 aliphatic carbocycles.